The molecule has 0 aliphatic heterocycles. The van der Waals surface area contributed by atoms with E-state index in [4.69, 9.17) is 10.5 Å². The van der Waals surface area contributed by atoms with Crippen LogP contribution >= 0.6 is 12.4 Å². The number of ether oxygens (including phenoxy) is 1. The highest BCUT2D eigenvalue weighted by molar-refractivity contribution is 5.85. The zero-order valence-corrected chi connectivity index (χ0v) is 14.5. The number of hydrogen-bond donors (Lipinski definition) is 1. The van der Waals surface area contributed by atoms with Gasteiger partial charge in [-0.3, -0.25) is 4.79 Å². The fourth-order valence-electron chi connectivity index (χ4n) is 2.20. The molecule has 0 spiro atoms. The first kappa shape index (κ1) is 20.9. The molecule has 4 nitrogen and oxygen atoms in total. The molecular formula is C18H21ClF2N2O2. The second kappa shape index (κ2) is 10.6. The molecule has 0 saturated heterocycles. The Morgan fingerprint density at radius 1 is 1.12 bits per heavy atom. The van der Waals surface area contributed by atoms with Crippen LogP contribution in [-0.2, 0) is 11.3 Å². The molecule has 0 atom stereocenters. The van der Waals surface area contributed by atoms with E-state index in [0.29, 0.717) is 26.1 Å². The Bertz CT molecular complexity index is 671. The van der Waals surface area contributed by atoms with Gasteiger partial charge in [0.1, 0.15) is 5.82 Å². The number of halogens is 3. The van der Waals surface area contributed by atoms with E-state index in [2.05, 4.69) is 0 Å². The highest BCUT2D eigenvalue weighted by Crippen LogP contribution is 2.17. The third-order valence-corrected chi connectivity index (χ3v) is 3.45. The number of benzene rings is 2. The maximum atomic E-state index is 13.5. The van der Waals surface area contributed by atoms with Crippen molar-refractivity contribution in [3.8, 4) is 5.75 Å². The fourth-order valence-corrected chi connectivity index (χ4v) is 2.20. The third-order valence-electron chi connectivity index (χ3n) is 3.45. The lowest BCUT2D eigenvalue weighted by Gasteiger charge is -2.23. The molecule has 0 aliphatic rings. The summed E-state index contributed by atoms with van der Waals surface area (Å²) in [4.78, 5) is 14.0. The van der Waals surface area contributed by atoms with Gasteiger partial charge < -0.3 is 15.4 Å². The minimum absolute atomic E-state index is 0. The molecule has 2 rings (SSSR count). The predicted octanol–water partition coefficient (Wildman–Crippen LogP) is 3.14. The van der Waals surface area contributed by atoms with E-state index in [0.717, 1.165) is 17.7 Å². The number of hydrogen-bond acceptors (Lipinski definition) is 3. The second-order valence-corrected chi connectivity index (χ2v) is 5.31. The SMILES string of the molecule is Cl.NCCCN(Cc1ccccc1)C(=O)COc1ccc(F)cc1F. The monoisotopic (exact) mass is 370 g/mol. The number of nitrogens with two attached hydrogens (primary N) is 1. The number of carbonyl (C=O) groups excluding carboxylic acids is 1. The quantitative estimate of drug-likeness (QED) is 0.776. The van der Waals surface area contributed by atoms with Gasteiger partial charge in [0, 0.05) is 19.2 Å². The maximum Gasteiger partial charge on any atom is 0.260 e. The van der Waals surface area contributed by atoms with Crippen molar-refractivity contribution >= 4 is 18.3 Å². The molecule has 0 heterocycles. The van der Waals surface area contributed by atoms with Crippen LogP contribution in [0.4, 0.5) is 8.78 Å². The minimum Gasteiger partial charge on any atom is -0.481 e. The molecule has 136 valence electrons. The summed E-state index contributed by atoms with van der Waals surface area (Å²) >= 11 is 0. The van der Waals surface area contributed by atoms with E-state index in [-0.39, 0.29) is 30.7 Å². The van der Waals surface area contributed by atoms with E-state index < -0.39 is 11.6 Å². The molecule has 0 aromatic heterocycles. The average Bonchev–Trinajstić information content (AvgIpc) is 2.58. The Morgan fingerprint density at radius 2 is 1.84 bits per heavy atom. The topological polar surface area (TPSA) is 55.6 Å². The summed E-state index contributed by atoms with van der Waals surface area (Å²) in [6.07, 6.45) is 0.656. The van der Waals surface area contributed by atoms with Crippen molar-refractivity contribution < 1.29 is 18.3 Å². The lowest BCUT2D eigenvalue weighted by atomic mass is 10.2. The van der Waals surface area contributed by atoms with Crippen LogP contribution in [0, 0.1) is 11.6 Å². The van der Waals surface area contributed by atoms with Gasteiger partial charge in [-0.2, -0.15) is 0 Å². The number of nitrogens with zero attached hydrogens (tertiary/aromatic N) is 1. The Kier molecular flexibility index (Phi) is 8.88. The van der Waals surface area contributed by atoms with Gasteiger partial charge in [-0.05, 0) is 30.7 Å². The molecule has 2 aromatic carbocycles. The summed E-state index contributed by atoms with van der Waals surface area (Å²) in [5.41, 5.74) is 6.50. The summed E-state index contributed by atoms with van der Waals surface area (Å²) in [6, 6.07) is 12.5. The number of carbonyl (C=O) groups is 1. The van der Waals surface area contributed by atoms with E-state index >= 15 is 0 Å². The van der Waals surface area contributed by atoms with Gasteiger partial charge in [0.15, 0.2) is 18.2 Å². The predicted molar refractivity (Wildman–Crippen MR) is 94.6 cm³/mol. The van der Waals surface area contributed by atoms with E-state index in [9.17, 15) is 13.6 Å². The minimum atomic E-state index is -0.834. The summed E-state index contributed by atoms with van der Waals surface area (Å²) in [6.45, 7) is 1.06. The molecule has 0 fully saturated rings. The van der Waals surface area contributed by atoms with Crippen LogP contribution < -0.4 is 10.5 Å². The first-order valence-electron chi connectivity index (χ1n) is 7.70. The molecule has 0 saturated carbocycles. The van der Waals surface area contributed by atoms with Gasteiger partial charge in [-0.15, -0.1) is 12.4 Å². The second-order valence-electron chi connectivity index (χ2n) is 5.31. The molecule has 0 aliphatic carbocycles. The van der Waals surface area contributed by atoms with Crippen molar-refractivity contribution in [2.24, 2.45) is 5.73 Å². The lowest BCUT2D eigenvalue weighted by Crippen LogP contribution is -2.36. The highest BCUT2D eigenvalue weighted by Gasteiger charge is 2.15. The maximum absolute atomic E-state index is 13.5. The molecule has 7 heteroatoms. The summed E-state index contributed by atoms with van der Waals surface area (Å²) < 4.78 is 31.6. The largest absolute Gasteiger partial charge is 0.481 e. The Hall–Kier alpha value is -2.18. The van der Waals surface area contributed by atoms with Crippen LogP contribution in [0.3, 0.4) is 0 Å². The molecule has 25 heavy (non-hydrogen) atoms. The molecule has 0 radical (unpaired) electrons. The molecule has 0 unspecified atom stereocenters. The summed E-state index contributed by atoms with van der Waals surface area (Å²) in [7, 11) is 0. The van der Waals surface area contributed by atoms with E-state index in [1.54, 1.807) is 4.90 Å². The van der Waals surface area contributed by atoms with Gasteiger partial charge in [-0.1, -0.05) is 30.3 Å². The van der Waals surface area contributed by atoms with Gasteiger partial charge in [0.05, 0.1) is 0 Å². The molecule has 2 aromatic rings. The van der Waals surface area contributed by atoms with Crippen LogP contribution in [-0.4, -0.2) is 30.5 Å². The average molecular weight is 371 g/mol. The standard InChI is InChI=1S/C18H20F2N2O2.ClH/c19-15-7-8-17(16(20)11-15)24-13-18(23)22(10-4-9-21)12-14-5-2-1-3-6-14;/h1-3,5-8,11H,4,9-10,12-13,21H2;1H. The highest BCUT2D eigenvalue weighted by atomic mass is 35.5. The van der Waals surface area contributed by atoms with Crippen LogP contribution in [0.5, 0.6) is 5.75 Å². The van der Waals surface area contributed by atoms with Gasteiger partial charge in [-0.25, -0.2) is 8.78 Å². The van der Waals surface area contributed by atoms with Crippen LogP contribution in [0.15, 0.2) is 48.5 Å². The summed E-state index contributed by atoms with van der Waals surface area (Å²) in [5, 5.41) is 0. The normalized spacial score (nSPS) is 10.0. The van der Waals surface area contributed by atoms with Gasteiger partial charge in [0.25, 0.3) is 5.91 Å². The van der Waals surface area contributed by atoms with Crippen molar-refractivity contribution in [2.75, 3.05) is 19.7 Å². The van der Waals surface area contributed by atoms with Crippen LogP contribution in [0.1, 0.15) is 12.0 Å². The van der Waals surface area contributed by atoms with Crippen molar-refractivity contribution in [1.82, 2.24) is 4.90 Å². The molecular weight excluding hydrogens is 350 g/mol. The first-order chi connectivity index (χ1) is 11.6. The third kappa shape index (κ3) is 6.68. The van der Waals surface area contributed by atoms with Crippen molar-refractivity contribution in [2.45, 2.75) is 13.0 Å². The zero-order valence-electron chi connectivity index (χ0n) is 13.7. The smallest absolute Gasteiger partial charge is 0.260 e. The van der Waals surface area contributed by atoms with Gasteiger partial charge in [0.2, 0.25) is 0 Å². The first-order valence-corrected chi connectivity index (χ1v) is 7.70. The Morgan fingerprint density at radius 3 is 2.48 bits per heavy atom. The molecule has 1 amide bonds. The van der Waals surface area contributed by atoms with Crippen LogP contribution in [0.25, 0.3) is 0 Å². The Balaban J connectivity index is 0.00000312. The number of rotatable bonds is 8. The van der Waals surface area contributed by atoms with Gasteiger partial charge >= 0.3 is 0 Å². The fraction of sp³-hybridized carbons (Fsp3) is 0.278. The molecule has 2 N–H and O–H groups in total. The Labute approximate surface area is 152 Å². The van der Waals surface area contributed by atoms with E-state index in [1.807, 2.05) is 30.3 Å². The van der Waals surface area contributed by atoms with Crippen molar-refractivity contribution in [3.63, 3.8) is 0 Å². The summed E-state index contributed by atoms with van der Waals surface area (Å²) in [5.74, 6) is -1.96. The van der Waals surface area contributed by atoms with Crippen molar-refractivity contribution in [3.05, 3.63) is 65.7 Å². The number of amides is 1. The van der Waals surface area contributed by atoms with Crippen LogP contribution in [0.2, 0.25) is 0 Å². The van der Waals surface area contributed by atoms with Crippen molar-refractivity contribution in [1.29, 1.82) is 0 Å². The zero-order chi connectivity index (χ0) is 17.4. The molecule has 0 bridgehead atoms. The van der Waals surface area contributed by atoms with E-state index in [1.165, 1.54) is 6.07 Å². The lowest BCUT2D eigenvalue weighted by molar-refractivity contribution is -0.134.